The molecule has 1 aliphatic rings. The Balaban J connectivity index is 1.75. The van der Waals surface area contributed by atoms with Gasteiger partial charge in [0.05, 0.1) is 12.7 Å². The summed E-state index contributed by atoms with van der Waals surface area (Å²) in [6.45, 7) is 5.11. The predicted octanol–water partition coefficient (Wildman–Crippen LogP) is 1.71. The van der Waals surface area contributed by atoms with Gasteiger partial charge in [0.15, 0.2) is 0 Å². The summed E-state index contributed by atoms with van der Waals surface area (Å²) in [5, 5.41) is 9.28. The number of morpholine rings is 1. The van der Waals surface area contributed by atoms with Gasteiger partial charge >= 0.3 is 0 Å². The molecule has 0 spiro atoms. The largest absolute Gasteiger partial charge is 0.491 e. The van der Waals surface area contributed by atoms with E-state index in [1.165, 1.54) is 5.56 Å². The van der Waals surface area contributed by atoms with Crippen molar-refractivity contribution in [3.63, 3.8) is 0 Å². The van der Waals surface area contributed by atoms with Gasteiger partial charge in [-0.2, -0.15) is 0 Å². The Morgan fingerprint density at radius 1 is 1.40 bits per heavy atom. The van der Waals surface area contributed by atoms with E-state index in [9.17, 15) is 5.11 Å². The number of rotatable bonds is 6. The zero-order chi connectivity index (χ0) is 14.4. The lowest BCUT2D eigenvalue weighted by atomic mass is 10.1. The zero-order valence-electron chi connectivity index (χ0n) is 12.4. The first-order valence-corrected chi connectivity index (χ1v) is 7.33. The van der Waals surface area contributed by atoms with Gasteiger partial charge in [-0.1, -0.05) is 12.1 Å². The molecule has 1 aromatic carbocycles. The molecule has 112 valence electrons. The number of benzene rings is 1. The molecule has 1 saturated heterocycles. The minimum atomic E-state index is -0.244. The molecule has 1 heterocycles. The van der Waals surface area contributed by atoms with Crippen molar-refractivity contribution in [2.24, 2.45) is 0 Å². The van der Waals surface area contributed by atoms with Crippen molar-refractivity contribution in [1.29, 1.82) is 0 Å². The van der Waals surface area contributed by atoms with E-state index in [1.807, 2.05) is 19.1 Å². The van der Waals surface area contributed by atoms with E-state index in [0.717, 1.165) is 38.3 Å². The predicted molar refractivity (Wildman–Crippen MR) is 79.2 cm³/mol. The van der Waals surface area contributed by atoms with Gasteiger partial charge in [0.25, 0.3) is 0 Å². The molecule has 0 amide bonds. The fourth-order valence-corrected chi connectivity index (χ4v) is 2.28. The Kier molecular flexibility index (Phi) is 5.83. The Hall–Kier alpha value is -1.10. The van der Waals surface area contributed by atoms with E-state index < -0.39 is 0 Å². The average molecular weight is 279 g/mol. The van der Waals surface area contributed by atoms with Gasteiger partial charge in [-0.3, -0.25) is 0 Å². The first-order valence-electron chi connectivity index (χ1n) is 7.33. The second kappa shape index (κ2) is 7.62. The quantitative estimate of drug-likeness (QED) is 0.861. The number of aliphatic hydroxyl groups is 1. The number of hydrogen-bond donors (Lipinski definition) is 1. The first kappa shape index (κ1) is 15.3. The molecule has 0 radical (unpaired) electrons. The Labute approximate surface area is 121 Å². The van der Waals surface area contributed by atoms with Crippen LogP contribution in [0.25, 0.3) is 0 Å². The van der Waals surface area contributed by atoms with Crippen molar-refractivity contribution >= 4 is 0 Å². The molecule has 1 N–H and O–H groups in total. The van der Waals surface area contributed by atoms with Gasteiger partial charge in [-0.15, -0.1) is 0 Å². The first-order chi connectivity index (χ1) is 9.63. The lowest BCUT2D eigenvalue weighted by Gasteiger charge is -2.29. The molecule has 1 aromatic rings. The van der Waals surface area contributed by atoms with Crippen LogP contribution in [0.1, 0.15) is 18.9 Å². The highest BCUT2D eigenvalue weighted by Crippen LogP contribution is 2.15. The van der Waals surface area contributed by atoms with Gasteiger partial charge in [0, 0.05) is 13.1 Å². The second-order valence-corrected chi connectivity index (χ2v) is 5.60. The van der Waals surface area contributed by atoms with Crippen LogP contribution in [0.5, 0.6) is 5.75 Å². The summed E-state index contributed by atoms with van der Waals surface area (Å²) >= 11 is 0. The van der Waals surface area contributed by atoms with Crippen LogP contribution in [0, 0.1) is 0 Å². The summed E-state index contributed by atoms with van der Waals surface area (Å²) in [5.41, 5.74) is 1.23. The summed E-state index contributed by atoms with van der Waals surface area (Å²) in [5.74, 6) is 0.877. The van der Waals surface area contributed by atoms with Crippen LogP contribution in [-0.2, 0) is 11.2 Å². The van der Waals surface area contributed by atoms with Crippen LogP contribution >= 0.6 is 0 Å². The third-order valence-electron chi connectivity index (χ3n) is 3.55. The lowest BCUT2D eigenvalue weighted by Crippen LogP contribution is -2.42. The lowest BCUT2D eigenvalue weighted by molar-refractivity contribution is -0.0403. The maximum Gasteiger partial charge on any atom is 0.119 e. The van der Waals surface area contributed by atoms with Crippen molar-refractivity contribution in [3.8, 4) is 5.75 Å². The highest BCUT2D eigenvalue weighted by molar-refractivity contribution is 5.27. The summed E-state index contributed by atoms with van der Waals surface area (Å²) in [6.07, 6.45) is 1.60. The average Bonchev–Trinajstić information content (AvgIpc) is 2.44. The van der Waals surface area contributed by atoms with Crippen LogP contribution in [0.15, 0.2) is 24.3 Å². The van der Waals surface area contributed by atoms with Crippen LogP contribution in [0.4, 0.5) is 0 Å². The highest BCUT2D eigenvalue weighted by atomic mass is 16.5. The Morgan fingerprint density at radius 2 is 2.15 bits per heavy atom. The monoisotopic (exact) mass is 279 g/mol. The molecule has 0 aromatic heterocycles. The molecular weight excluding hydrogens is 254 g/mol. The maximum absolute atomic E-state index is 9.28. The number of ether oxygens (including phenoxy) is 2. The summed E-state index contributed by atoms with van der Waals surface area (Å²) in [4.78, 5) is 2.26. The second-order valence-electron chi connectivity index (χ2n) is 5.60. The molecule has 0 aliphatic carbocycles. The molecule has 1 fully saturated rings. The molecular formula is C16H25NO3. The fraction of sp³-hybridized carbons (Fsp3) is 0.625. The van der Waals surface area contributed by atoms with Crippen LogP contribution in [0.2, 0.25) is 0 Å². The summed E-state index contributed by atoms with van der Waals surface area (Å²) in [7, 11) is 2.10. The third-order valence-corrected chi connectivity index (χ3v) is 3.55. The maximum atomic E-state index is 9.28. The Morgan fingerprint density at radius 3 is 2.80 bits per heavy atom. The standard InChI is InChI=1S/C16H25NO3/c1-13(18)3-4-14-5-7-15(8-6-14)20-12-16-11-17(2)9-10-19-16/h5-8,13,16,18H,3-4,9-12H2,1-2H3. The van der Waals surface area contributed by atoms with Gasteiger partial charge < -0.3 is 19.5 Å². The van der Waals surface area contributed by atoms with Crippen molar-refractivity contribution < 1.29 is 14.6 Å². The van der Waals surface area contributed by atoms with Crippen molar-refractivity contribution in [3.05, 3.63) is 29.8 Å². The topological polar surface area (TPSA) is 41.9 Å². The van der Waals surface area contributed by atoms with Gasteiger partial charge in [0.1, 0.15) is 18.5 Å². The van der Waals surface area contributed by atoms with Crippen LogP contribution < -0.4 is 4.74 Å². The van der Waals surface area contributed by atoms with E-state index in [1.54, 1.807) is 0 Å². The molecule has 2 rings (SSSR count). The van der Waals surface area contributed by atoms with E-state index in [4.69, 9.17) is 9.47 Å². The van der Waals surface area contributed by atoms with E-state index in [-0.39, 0.29) is 12.2 Å². The molecule has 0 saturated carbocycles. The Bertz CT molecular complexity index is 391. The highest BCUT2D eigenvalue weighted by Gasteiger charge is 2.18. The third kappa shape index (κ3) is 5.12. The van der Waals surface area contributed by atoms with Crippen LogP contribution in [0.3, 0.4) is 0 Å². The molecule has 2 unspecified atom stereocenters. The number of nitrogens with zero attached hydrogens (tertiary/aromatic N) is 1. The minimum absolute atomic E-state index is 0.156. The van der Waals surface area contributed by atoms with Gasteiger partial charge in [-0.25, -0.2) is 0 Å². The van der Waals surface area contributed by atoms with Crippen LogP contribution in [-0.4, -0.2) is 55.6 Å². The van der Waals surface area contributed by atoms with Gasteiger partial charge in [-0.05, 0) is 44.5 Å². The molecule has 4 heteroatoms. The number of aliphatic hydroxyl groups excluding tert-OH is 1. The van der Waals surface area contributed by atoms with E-state index in [0.29, 0.717) is 6.61 Å². The van der Waals surface area contributed by atoms with Gasteiger partial charge in [0.2, 0.25) is 0 Å². The number of aryl methyl sites for hydroxylation is 1. The summed E-state index contributed by atoms with van der Waals surface area (Å²) < 4.78 is 11.4. The SMILES string of the molecule is CC(O)CCc1ccc(OCC2CN(C)CCO2)cc1. The van der Waals surface area contributed by atoms with Crippen molar-refractivity contribution in [2.45, 2.75) is 32.0 Å². The van der Waals surface area contributed by atoms with Crippen molar-refractivity contribution in [2.75, 3.05) is 33.4 Å². The zero-order valence-corrected chi connectivity index (χ0v) is 12.4. The van der Waals surface area contributed by atoms with E-state index in [2.05, 4.69) is 24.1 Å². The van der Waals surface area contributed by atoms with E-state index >= 15 is 0 Å². The molecule has 20 heavy (non-hydrogen) atoms. The normalized spacial score (nSPS) is 21.6. The fourth-order valence-electron chi connectivity index (χ4n) is 2.28. The van der Waals surface area contributed by atoms with Crippen molar-refractivity contribution in [1.82, 2.24) is 4.90 Å². The number of likely N-dealkylation sites (N-methyl/N-ethyl adjacent to an activating group) is 1. The molecule has 2 atom stereocenters. The number of hydrogen-bond acceptors (Lipinski definition) is 4. The molecule has 4 nitrogen and oxygen atoms in total. The smallest absolute Gasteiger partial charge is 0.119 e. The summed E-state index contributed by atoms with van der Waals surface area (Å²) in [6, 6.07) is 8.10. The molecule has 1 aliphatic heterocycles. The molecule has 0 bridgehead atoms. The minimum Gasteiger partial charge on any atom is -0.491 e.